The van der Waals surface area contributed by atoms with Crippen LogP contribution in [0.4, 0.5) is 0 Å². The molecule has 0 saturated carbocycles. The average Bonchev–Trinajstić information content (AvgIpc) is 2.79. The van der Waals surface area contributed by atoms with Gasteiger partial charge in [0, 0.05) is 6.04 Å². The number of ether oxygens (including phenoxy) is 3. The molecule has 0 aliphatic rings. The highest BCUT2D eigenvalue weighted by Gasteiger charge is 2.31. The predicted octanol–water partition coefficient (Wildman–Crippen LogP) is 4.93. The van der Waals surface area contributed by atoms with Crippen molar-refractivity contribution in [3.63, 3.8) is 0 Å². The lowest BCUT2D eigenvalue weighted by Gasteiger charge is -2.24. The Morgan fingerprint density at radius 3 is 2.24 bits per heavy atom. The van der Waals surface area contributed by atoms with Crippen molar-refractivity contribution in [3.05, 3.63) is 71.8 Å². The van der Waals surface area contributed by atoms with E-state index in [1.165, 1.54) is 0 Å². The van der Waals surface area contributed by atoms with Gasteiger partial charge in [0.2, 0.25) is 0 Å². The average molecular weight is 450 g/mol. The van der Waals surface area contributed by atoms with Gasteiger partial charge in [0.25, 0.3) is 5.91 Å². The summed E-state index contributed by atoms with van der Waals surface area (Å²) in [5.41, 5.74) is 0.472. The summed E-state index contributed by atoms with van der Waals surface area (Å²) in [4.78, 5) is 25.0. The molecule has 174 valence electrons. The van der Waals surface area contributed by atoms with Crippen LogP contribution in [-0.2, 0) is 16.0 Å². The second-order valence-electron chi connectivity index (χ2n) is 8.46. The van der Waals surface area contributed by atoms with E-state index in [4.69, 9.17) is 14.2 Å². The summed E-state index contributed by atoms with van der Waals surface area (Å²) in [5, 5.41) is 5.06. The fraction of sp³-hybridized carbons (Fsp3) is 0.333. The third-order valence-electron chi connectivity index (χ3n) is 5.30. The first-order valence-electron chi connectivity index (χ1n) is 11.1. The van der Waals surface area contributed by atoms with Gasteiger partial charge in [0.05, 0.1) is 19.3 Å². The van der Waals surface area contributed by atoms with Gasteiger partial charge in [-0.05, 0) is 74.7 Å². The fourth-order valence-corrected chi connectivity index (χ4v) is 3.61. The number of nitrogens with one attached hydrogen (secondary N) is 1. The van der Waals surface area contributed by atoms with Gasteiger partial charge in [-0.3, -0.25) is 4.79 Å². The molecule has 3 aromatic carbocycles. The molecule has 0 saturated heterocycles. The number of hydrogen-bond donors (Lipinski definition) is 1. The summed E-state index contributed by atoms with van der Waals surface area (Å²) >= 11 is 0. The van der Waals surface area contributed by atoms with E-state index in [0.717, 1.165) is 16.3 Å². The molecule has 0 aromatic heterocycles. The Balaban J connectivity index is 1.64. The Morgan fingerprint density at radius 2 is 1.64 bits per heavy atom. The normalized spacial score (nSPS) is 12.2. The van der Waals surface area contributed by atoms with Crippen molar-refractivity contribution in [1.82, 2.24) is 5.32 Å². The number of methoxy groups -OCH3 is 1. The lowest BCUT2D eigenvalue weighted by molar-refractivity contribution is -0.158. The molecule has 1 amide bonds. The van der Waals surface area contributed by atoms with Gasteiger partial charge >= 0.3 is 5.97 Å². The van der Waals surface area contributed by atoms with E-state index < -0.39 is 11.6 Å². The van der Waals surface area contributed by atoms with Gasteiger partial charge in [-0.25, -0.2) is 4.79 Å². The van der Waals surface area contributed by atoms with Crippen molar-refractivity contribution < 1.29 is 23.8 Å². The molecule has 3 rings (SSSR count). The lowest BCUT2D eigenvalue weighted by atomic mass is 10.0. The van der Waals surface area contributed by atoms with Crippen molar-refractivity contribution in [2.45, 2.75) is 45.8 Å². The largest absolute Gasteiger partial charge is 0.496 e. The Morgan fingerprint density at radius 1 is 1.00 bits per heavy atom. The third-order valence-corrected chi connectivity index (χ3v) is 5.30. The molecule has 0 spiro atoms. The first-order valence-corrected chi connectivity index (χ1v) is 11.1. The monoisotopic (exact) mass is 449 g/mol. The number of benzene rings is 3. The predicted molar refractivity (Wildman–Crippen MR) is 129 cm³/mol. The number of hydrogen-bond acceptors (Lipinski definition) is 5. The van der Waals surface area contributed by atoms with E-state index >= 15 is 0 Å². The number of amides is 1. The molecular formula is C27H31NO5. The van der Waals surface area contributed by atoms with Gasteiger partial charge in [0.15, 0.2) is 5.60 Å². The van der Waals surface area contributed by atoms with E-state index in [2.05, 4.69) is 5.32 Å². The number of carbonyl (C=O) groups excluding carboxylic acids is 2. The summed E-state index contributed by atoms with van der Waals surface area (Å²) in [6, 6.07) is 19.0. The van der Waals surface area contributed by atoms with Crippen LogP contribution >= 0.6 is 0 Å². The van der Waals surface area contributed by atoms with E-state index in [-0.39, 0.29) is 11.9 Å². The zero-order chi connectivity index (χ0) is 24.0. The van der Waals surface area contributed by atoms with E-state index in [1.54, 1.807) is 27.9 Å². The van der Waals surface area contributed by atoms with Crippen LogP contribution in [-0.4, -0.2) is 37.2 Å². The Kier molecular flexibility index (Phi) is 7.59. The molecule has 0 heterocycles. The SMILES string of the molecule is CCOC(=O)C(C)(C)Oc1ccc(CC(C)NC(=O)c2cc3ccccc3cc2OC)cc1. The van der Waals surface area contributed by atoms with Crippen LogP contribution in [0.3, 0.4) is 0 Å². The Labute approximate surface area is 194 Å². The van der Waals surface area contributed by atoms with Crippen LogP contribution < -0.4 is 14.8 Å². The minimum atomic E-state index is -1.07. The molecule has 0 radical (unpaired) electrons. The van der Waals surface area contributed by atoms with Gasteiger partial charge in [-0.15, -0.1) is 0 Å². The first kappa shape index (κ1) is 24.1. The zero-order valence-electron chi connectivity index (χ0n) is 19.8. The molecule has 0 aliphatic carbocycles. The van der Waals surface area contributed by atoms with Gasteiger partial charge in [0.1, 0.15) is 11.5 Å². The van der Waals surface area contributed by atoms with Crippen LogP contribution in [0, 0.1) is 0 Å². The highest BCUT2D eigenvalue weighted by molar-refractivity contribution is 6.01. The molecule has 6 nitrogen and oxygen atoms in total. The van der Waals surface area contributed by atoms with Crippen LogP contribution in [0.25, 0.3) is 10.8 Å². The van der Waals surface area contributed by atoms with Crippen LogP contribution in [0.5, 0.6) is 11.5 Å². The van der Waals surface area contributed by atoms with Crippen molar-refractivity contribution >= 4 is 22.6 Å². The number of esters is 1. The van der Waals surface area contributed by atoms with Crippen LogP contribution in [0.1, 0.15) is 43.6 Å². The second kappa shape index (κ2) is 10.4. The lowest BCUT2D eigenvalue weighted by Crippen LogP contribution is -2.39. The number of rotatable bonds is 9. The summed E-state index contributed by atoms with van der Waals surface area (Å²) in [6.07, 6.45) is 0.642. The zero-order valence-corrected chi connectivity index (χ0v) is 19.8. The minimum Gasteiger partial charge on any atom is -0.496 e. The Hall–Kier alpha value is -3.54. The smallest absolute Gasteiger partial charge is 0.349 e. The highest BCUT2D eigenvalue weighted by atomic mass is 16.6. The maximum absolute atomic E-state index is 12.9. The molecule has 0 fully saturated rings. The molecular weight excluding hydrogens is 418 g/mol. The molecule has 0 aliphatic heterocycles. The topological polar surface area (TPSA) is 73.9 Å². The molecule has 6 heteroatoms. The second-order valence-corrected chi connectivity index (χ2v) is 8.46. The molecule has 1 atom stereocenters. The van der Waals surface area contributed by atoms with Crippen molar-refractivity contribution in [3.8, 4) is 11.5 Å². The number of fused-ring (bicyclic) bond motifs is 1. The molecule has 1 unspecified atom stereocenters. The highest BCUT2D eigenvalue weighted by Crippen LogP contribution is 2.26. The molecule has 1 N–H and O–H groups in total. The van der Waals surface area contributed by atoms with E-state index in [0.29, 0.717) is 30.1 Å². The maximum Gasteiger partial charge on any atom is 0.349 e. The van der Waals surface area contributed by atoms with E-state index in [1.807, 2.05) is 67.6 Å². The maximum atomic E-state index is 12.9. The third kappa shape index (κ3) is 6.04. The fourth-order valence-electron chi connectivity index (χ4n) is 3.61. The minimum absolute atomic E-state index is 0.101. The first-order chi connectivity index (χ1) is 15.7. The Bertz CT molecular complexity index is 1120. The van der Waals surface area contributed by atoms with Crippen molar-refractivity contribution in [2.75, 3.05) is 13.7 Å². The molecule has 3 aromatic rings. The molecule has 0 bridgehead atoms. The number of carbonyl (C=O) groups is 2. The summed E-state index contributed by atoms with van der Waals surface area (Å²) < 4.78 is 16.3. The summed E-state index contributed by atoms with van der Waals surface area (Å²) in [7, 11) is 1.57. The standard InChI is InChI=1S/C27H31NO5/c1-6-32-26(30)27(3,4)33-22-13-11-19(12-14-22)15-18(2)28-25(29)23-16-20-9-7-8-10-21(20)17-24(23)31-5/h7-14,16-18H,6,15H2,1-5H3,(H,28,29). The van der Waals surface area contributed by atoms with Crippen LogP contribution in [0.2, 0.25) is 0 Å². The summed E-state index contributed by atoms with van der Waals surface area (Å²) in [6.45, 7) is 7.38. The van der Waals surface area contributed by atoms with Gasteiger partial charge in [-0.2, -0.15) is 0 Å². The van der Waals surface area contributed by atoms with Crippen LogP contribution in [0.15, 0.2) is 60.7 Å². The summed E-state index contributed by atoms with van der Waals surface area (Å²) in [5.74, 6) is 0.536. The quantitative estimate of drug-likeness (QED) is 0.469. The van der Waals surface area contributed by atoms with Gasteiger partial charge < -0.3 is 19.5 Å². The van der Waals surface area contributed by atoms with Gasteiger partial charge in [-0.1, -0.05) is 36.4 Å². The van der Waals surface area contributed by atoms with E-state index in [9.17, 15) is 9.59 Å². The molecule has 33 heavy (non-hydrogen) atoms. The van der Waals surface area contributed by atoms with Crippen molar-refractivity contribution in [1.29, 1.82) is 0 Å². The van der Waals surface area contributed by atoms with Crippen molar-refractivity contribution in [2.24, 2.45) is 0 Å².